The highest BCUT2D eigenvalue weighted by Gasteiger charge is 2.14. The second kappa shape index (κ2) is 6.73. The Morgan fingerprint density at radius 2 is 1.10 bits per heavy atom. The van der Waals surface area contributed by atoms with Crippen molar-refractivity contribution in [1.29, 1.82) is 10.8 Å². The molecule has 6 nitrogen and oxygen atoms in total. The first-order chi connectivity index (χ1) is 14.0. The Hall–Kier alpha value is -3.14. The van der Waals surface area contributed by atoms with Gasteiger partial charge in [-0.2, -0.15) is 0 Å². The molecule has 2 aromatic carbocycles. The third-order valence-electron chi connectivity index (χ3n) is 4.43. The van der Waals surface area contributed by atoms with E-state index < -0.39 is 0 Å². The Morgan fingerprint density at radius 1 is 0.655 bits per heavy atom. The predicted molar refractivity (Wildman–Crippen MR) is 124 cm³/mol. The van der Waals surface area contributed by atoms with Crippen LogP contribution in [0.3, 0.4) is 0 Å². The lowest BCUT2D eigenvalue weighted by Gasteiger charge is -1.95. The van der Waals surface area contributed by atoms with Crippen LogP contribution < -0.4 is 11.5 Å². The van der Waals surface area contributed by atoms with Crippen molar-refractivity contribution in [3.8, 4) is 19.8 Å². The number of hydrogen-bond acceptors (Lipinski definition) is 7. The molecule has 3 heterocycles. The maximum Gasteiger partial charge on any atom is 0.134 e. The SMILES string of the molecule is N=C(N)c1ccc2nc(-c3ccc(-c4nc5ccc(C(=N)N)cc5s4)s3)sc2c1. The molecule has 0 saturated carbocycles. The lowest BCUT2D eigenvalue weighted by Crippen LogP contribution is -2.10. The molecule has 0 fully saturated rings. The molecule has 0 atom stereocenters. The van der Waals surface area contributed by atoms with Crippen LogP contribution >= 0.6 is 34.0 Å². The Balaban J connectivity index is 1.52. The van der Waals surface area contributed by atoms with E-state index in [1.54, 1.807) is 34.0 Å². The highest BCUT2D eigenvalue weighted by molar-refractivity contribution is 7.29. The Kier molecular flexibility index (Phi) is 4.16. The number of nitrogens with zero attached hydrogens (tertiary/aromatic N) is 2. The second-order valence-corrected chi connectivity index (χ2v) is 9.54. The van der Waals surface area contributed by atoms with E-state index in [9.17, 15) is 0 Å². The number of rotatable bonds is 4. The first kappa shape index (κ1) is 17.9. The topological polar surface area (TPSA) is 126 Å². The number of amidine groups is 2. The lowest BCUT2D eigenvalue weighted by atomic mass is 10.2. The molecule has 0 aliphatic heterocycles. The van der Waals surface area contributed by atoms with E-state index in [0.29, 0.717) is 11.1 Å². The Bertz CT molecular complexity index is 1320. The quantitative estimate of drug-likeness (QED) is 0.238. The summed E-state index contributed by atoms with van der Waals surface area (Å²) < 4.78 is 2.03. The van der Waals surface area contributed by atoms with Crippen molar-refractivity contribution in [1.82, 2.24) is 9.97 Å². The normalized spacial score (nSPS) is 11.3. The minimum atomic E-state index is 0.0593. The minimum Gasteiger partial charge on any atom is -0.384 e. The number of thiazole rings is 2. The fraction of sp³-hybridized carbons (Fsp3) is 0. The average Bonchev–Trinajstić information content (AvgIpc) is 3.42. The Morgan fingerprint density at radius 3 is 1.52 bits per heavy atom. The van der Waals surface area contributed by atoms with Crippen LogP contribution in [-0.2, 0) is 0 Å². The summed E-state index contributed by atoms with van der Waals surface area (Å²) in [4.78, 5) is 11.6. The number of nitrogens with two attached hydrogens (primary N) is 2. The van der Waals surface area contributed by atoms with E-state index in [1.807, 2.05) is 36.4 Å². The van der Waals surface area contributed by atoms with E-state index in [2.05, 4.69) is 12.1 Å². The minimum absolute atomic E-state index is 0.0593. The third-order valence-corrected chi connectivity index (χ3v) is 7.89. The van der Waals surface area contributed by atoms with Crippen molar-refractivity contribution in [3.05, 3.63) is 59.7 Å². The molecule has 0 aliphatic carbocycles. The molecule has 0 amide bonds. The van der Waals surface area contributed by atoms with Gasteiger partial charge in [0.2, 0.25) is 0 Å². The summed E-state index contributed by atoms with van der Waals surface area (Å²) in [5.74, 6) is 0.119. The van der Waals surface area contributed by atoms with Crippen LogP contribution in [-0.4, -0.2) is 21.6 Å². The molecule has 0 spiro atoms. The van der Waals surface area contributed by atoms with Gasteiger partial charge in [0.15, 0.2) is 0 Å². The number of thiophene rings is 1. The maximum atomic E-state index is 7.60. The molecular formula is C20H14N6S3. The van der Waals surface area contributed by atoms with Gasteiger partial charge in [-0.25, -0.2) is 9.97 Å². The lowest BCUT2D eigenvalue weighted by molar-refractivity contribution is 1.43. The van der Waals surface area contributed by atoms with Gasteiger partial charge in [-0.1, -0.05) is 0 Å². The molecule has 0 aliphatic rings. The smallest absolute Gasteiger partial charge is 0.134 e. The second-order valence-electron chi connectivity index (χ2n) is 6.39. The number of fused-ring (bicyclic) bond motifs is 2. The van der Waals surface area contributed by atoms with Crippen LogP contribution in [0.15, 0.2) is 48.5 Å². The summed E-state index contributed by atoms with van der Waals surface area (Å²) in [5, 5.41) is 17.1. The monoisotopic (exact) mass is 434 g/mol. The summed E-state index contributed by atoms with van der Waals surface area (Å²) in [6.07, 6.45) is 0. The maximum absolute atomic E-state index is 7.60. The first-order valence-corrected chi connectivity index (χ1v) is 11.0. The number of nitrogen functional groups attached to an aromatic ring is 2. The summed E-state index contributed by atoms with van der Waals surface area (Å²) in [6.45, 7) is 0. The molecule has 9 heteroatoms. The summed E-state index contributed by atoms with van der Waals surface area (Å²) >= 11 is 4.84. The van der Waals surface area contributed by atoms with Crippen LogP contribution in [0.25, 0.3) is 40.2 Å². The zero-order valence-corrected chi connectivity index (χ0v) is 17.3. The number of benzene rings is 2. The fourth-order valence-corrected chi connectivity index (χ4v) is 6.09. The largest absolute Gasteiger partial charge is 0.384 e. The van der Waals surface area contributed by atoms with Crippen molar-refractivity contribution < 1.29 is 0 Å². The van der Waals surface area contributed by atoms with Crippen LogP contribution in [0.1, 0.15) is 11.1 Å². The molecular weight excluding hydrogens is 420 g/mol. The molecule has 0 radical (unpaired) electrons. The molecule has 29 heavy (non-hydrogen) atoms. The van der Waals surface area contributed by atoms with Gasteiger partial charge in [-0.05, 0) is 48.5 Å². The van der Waals surface area contributed by atoms with E-state index >= 15 is 0 Å². The number of nitrogens with one attached hydrogen (secondary N) is 2. The molecule has 0 bridgehead atoms. The fourth-order valence-electron chi connectivity index (χ4n) is 2.96. The molecule has 0 unspecified atom stereocenters. The zero-order valence-electron chi connectivity index (χ0n) is 14.9. The zero-order chi connectivity index (χ0) is 20.1. The molecule has 6 N–H and O–H groups in total. The van der Waals surface area contributed by atoms with Crippen LogP contribution in [0.4, 0.5) is 0 Å². The predicted octanol–water partition coefficient (Wildman–Crippen LogP) is 4.87. The molecule has 0 saturated heterocycles. The van der Waals surface area contributed by atoms with Crippen molar-refractivity contribution in [2.75, 3.05) is 0 Å². The van der Waals surface area contributed by atoms with Crippen molar-refractivity contribution >= 4 is 66.1 Å². The van der Waals surface area contributed by atoms with Gasteiger partial charge in [0.25, 0.3) is 0 Å². The van der Waals surface area contributed by atoms with Gasteiger partial charge < -0.3 is 11.5 Å². The van der Waals surface area contributed by atoms with Crippen LogP contribution in [0.5, 0.6) is 0 Å². The highest BCUT2D eigenvalue weighted by Crippen LogP contribution is 2.40. The number of hydrogen-bond donors (Lipinski definition) is 4. The molecule has 5 aromatic rings. The van der Waals surface area contributed by atoms with Gasteiger partial charge >= 0.3 is 0 Å². The van der Waals surface area contributed by atoms with E-state index in [4.69, 9.17) is 32.3 Å². The van der Waals surface area contributed by atoms with Crippen LogP contribution in [0, 0.1) is 10.8 Å². The van der Waals surface area contributed by atoms with Gasteiger partial charge in [-0.3, -0.25) is 10.8 Å². The Labute approximate surface area is 177 Å². The summed E-state index contributed by atoms with van der Waals surface area (Å²) in [6, 6.07) is 15.4. The van der Waals surface area contributed by atoms with Gasteiger partial charge in [-0.15, -0.1) is 34.0 Å². The first-order valence-electron chi connectivity index (χ1n) is 8.58. The van der Waals surface area contributed by atoms with Crippen molar-refractivity contribution in [2.45, 2.75) is 0 Å². The van der Waals surface area contributed by atoms with Gasteiger partial charge in [0, 0.05) is 11.1 Å². The number of aromatic nitrogens is 2. The average molecular weight is 435 g/mol. The van der Waals surface area contributed by atoms with Gasteiger partial charge in [0.05, 0.1) is 30.2 Å². The van der Waals surface area contributed by atoms with E-state index in [-0.39, 0.29) is 11.7 Å². The van der Waals surface area contributed by atoms with Crippen molar-refractivity contribution in [3.63, 3.8) is 0 Å². The van der Waals surface area contributed by atoms with Crippen LogP contribution in [0.2, 0.25) is 0 Å². The van der Waals surface area contributed by atoms with Gasteiger partial charge in [0.1, 0.15) is 21.7 Å². The van der Waals surface area contributed by atoms with E-state index in [1.165, 1.54) is 0 Å². The molecule has 142 valence electrons. The summed E-state index contributed by atoms with van der Waals surface area (Å²) in [7, 11) is 0. The highest BCUT2D eigenvalue weighted by atomic mass is 32.1. The van der Waals surface area contributed by atoms with E-state index in [0.717, 1.165) is 40.2 Å². The third kappa shape index (κ3) is 3.19. The van der Waals surface area contributed by atoms with Crippen molar-refractivity contribution in [2.24, 2.45) is 11.5 Å². The summed E-state index contributed by atoms with van der Waals surface area (Å²) in [5.41, 5.74) is 14.4. The molecule has 3 aromatic heterocycles. The standard InChI is InChI=1S/C20H14N6S3/c21-17(22)9-1-3-11-15(7-9)28-19(25-11)13-5-6-14(27-13)20-26-12-4-2-10(18(23)24)8-16(12)29-20/h1-8H,(H3,21,22)(H3,23,24). The molecule has 5 rings (SSSR count).